The number of hydrogen-bond donors (Lipinski definition) is 1. The van der Waals surface area contributed by atoms with Crippen LogP contribution in [0.3, 0.4) is 0 Å². The van der Waals surface area contributed by atoms with Crippen molar-refractivity contribution in [2.24, 2.45) is 5.92 Å². The Bertz CT molecular complexity index is 387. The molecule has 6 heteroatoms. The molecular weight excluding hydrogens is 296 g/mol. The van der Waals surface area contributed by atoms with Crippen molar-refractivity contribution in [1.29, 1.82) is 0 Å². The van der Waals surface area contributed by atoms with Gasteiger partial charge in [0.15, 0.2) is 0 Å². The lowest BCUT2D eigenvalue weighted by Crippen LogP contribution is -2.50. The van der Waals surface area contributed by atoms with Crippen molar-refractivity contribution in [2.75, 3.05) is 26.3 Å². The van der Waals surface area contributed by atoms with Gasteiger partial charge in [-0.25, -0.2) is 4.79 Å². The summed E-state index contributed by atoms with van der Waals surface area (Å²) in [7, 11) is 0. The highest BCUT2D eigenvalue weighted by Crippen LogP contribution is 2.14. The molecule has 0 aromatic heterocycles. The molecule has 1 heterocycles. The van der Waals surface area contributed by atoms with Crippen LogP contribution in [0.1, 0.15) is 53.9 Å². The molecule has 1 fully saturated rings. The summed E-state index contributed by atoms with van der Waals surface area (Å²) >= 11 is 0. The van der Waals surface area contributed by atoms with E-state index in [0.29, 0.717) is 25.6 Å². The van der Waals surface area contributed by atoms with Gasteiger partial charge in [-0.15, -0.1) is 0 Å². The van der Waals surface area contributed by atoms with Crippen LogP contribution in [0.5, 0.6) is 0 Å². The van der Waals surface area contributed by atoms with Gasteiger partial charge < -0.3 is 14.8 Å². The van der Waals surface area contributed by atoms with Crippen LogP contribution in [0.4, 0.5) is 4.79 Å². The van der Waals surface area contributed by atoms with Crippen LogP contribution in [0.25, 0.3) is 0 Å². The molecule has 6 nitrogen and oxygen atoms in total. The SMILES string of the molecule is CCCN(C(=O)OC(C)(C)C)[C@H](C)C(=O)NC[C@@H]1CCCOC1. The van der Waals surface area contributed by atoms with Gasteiger partial charge in [-0.2, -0.15) is 0 Å². The van der Waals surface area contributed by atoms with Crippen LogP contribution < -0.4 is 5.32 Å². The largest absolute Gasteiger partial charge is 0.444 e. The second-order valence-electron chi connectivity index (χ2n) is 7.18. The highest BCUT2D eigenvalue weighted by molar-refractivity contribution is 5.85. The number of rotatable bonds is 6. The molecule has 0 aliphatic carbocycles. The van der Waals surface area contributed by atoms with Crippen LogP contribution in [0.15, 0.2) is 0 Å². The quantitative estimate of drug-likeness (QED) is 0.814. The fourth-order valence-corrected chi connectivity index (χ4v) is 2.51. The Morgan fingerprint density at radius 2 is 2.09 bits per heavy atom. The van der Waals surface area contributed by atoms with E-state index in [2.05, 4.69) is 5.32 Å². The van der Waals surface area contributed by atoms with Gasteiger partial charge in [-0.1, -0.05) is 6.92 Å². The second kappa shape index (κ2) is 9.11. The Kier molecular flexibility index (Phi) is 7.82. The first-order valence-electron chi connectivity index (χ1n) is 8.59. The van der Waals surface area contributed by atoms with E-state index in [1.165, 1.54) is 4.90 Å². The van der Waals surface area contributed by atoms with Crippen molar-refractivity contribution in [3.63, 3.8) is 0 Å². The first-order chi connectivity index (χ1) is 10.7. The van der Waals surface area contributed by atoms with Crippen molar-refractivity contribution in [2.45, 2.75) is 65.5 Å². The van der Waals surface area contributed by atoms with Crippen LogP contribution in [-0.2, 0) is 14.3 Å². The maximum Gasteiger partial charge on any atom is 0.410 e. The third kappa shape index (κ3) is 7.20. The van der Waals surface area contributed by atoms with Gasteiger partial charge in [-0.05, 0) is 52.9 Å². The number of hydrogen-bond acceptors (Lipinski definition) is 4. The fourth-order valence-electron chi connectivity index (χ4n) is 2.51. The number of ether oxygens (including phenoxy) is 2. The van der Waals surface area contributed by atoms with E-state index in [1.54, 1.807) is 6.92 Å². The van der Waals surface area contributed by atoms with Crippen molar-refractivity contribution in [3.8, 4) is 0 Å². The molecule has 1 saturated heterocycles. The minimum absolute atomic E-state index is 0.144. The van der Waals surface area contributed by atoms with Crippen molar-refractivity contribution >= 4 is 12.0 Å². The van der Waals surface area contributed by atoms with Crippen LogP contribution in [0, 0.1) is 5.92 Å². The van der Waals surface area contributed by atoms with Crippen molar-refractivity contribution < 1.29 is 19.1 Å². The first-order valence-corrected chi connectivity index (χ1v) is 8.59. The molecule has 1 aliphatic heterocycles. The van der Waals surface area contributed by atoms with E-state index in [-0.39, 0.29) is 5.91 Å². The first kappa shape index (κ1) is 19.7. The summed E-state index contributed by atoms with van der Waals surface area (Å²) < 4.78 is 10.8. The van der Waals surface area contributed by atoms with E-state index in [1.807, 2.05) is 27.7 Å². The summed E-state index contributed by atoms with van der Waals surface area (Å²) in [5, 5.41) is 2.94. The highest BCUT2D eigenvalue weighted by atomic mass is 16.6. The number of amides is 2. The molecule has 1 aliphatic rings. The third-order valence-electron chi connectivity index (χ3n) is 3.76. The normalized spacial score (nSPS) is 19.8. The predicted octanol–water partition coefficient (Wildman–Crippen LogP) is 2.56. The van der Waals surface area contributed by atoms with E-state index >= 15 is 0 Å². The van der Waals surface area contributed by atoms with Crippen molar-refractivity contribution in [3.05, 3.63) is 0 Å². The standard InChI is InChI=1S/C17H32N2O4/c1-6-9-19(16(21)23-17(3,4)5)13(2)15(20)18-11-14-8-7-10-22-12-14/h13-14H,6-12H2,1-5H3,(H,18,20)/t13-,14+/m1/s1. The van der Waals surface area contributed by atoms with Gasteiger partial charge >= 0.3 is 6.09 Å². The smallest absolute Gasteiger partial charge is 0.410 e. The van der Waals surface area contributed by atoms with Crippen molar-refractivity contribution in [1.82, 2.24) is 10.2 Å². The molecule has 0 aromatic carbocycles. The van der Waals surface area contributed by atoms with Gasteiger partial charge in [0.1, 0.15) is 11.6 Å². The number of nitrogens with zero attached hydrogens (tertiary/aromatic N) is 1. The molecule has 0 saturated carbocycles. The fraction of sp³-hybridized carbons (Fsp3) is 0.882. The van der Waals surface area contributed by atoms with Gasteiger partial charge in [0.05, 0.1) is 6.61 Å². The molecule has 0 aromatic rings. The predicted molar refractivity (Wildman–Crippen MR) is 89.2 cm³/mol. The summed E-state index contributed by atoms with van der Waals surface area (Å²) in [4.78, 5) is 26.2. The summed E-state index contributed by atoms with van der Waals surface area (Å²) in [5.74, 6) is 0.218. The van der Waals surface area contributed by atoms with E-state index in [0.717, 1.165) is 25.9 Å². The molecule has 0 radical (unpaired) electrons. The zero-order chi connectivity index (χ0) is 17.5. The molecule has 23 heavy (non-hydrogen) atoms. The summed E-state index contributed by atoms with van der Waals surface area (Å²) in [5.41, 5.74) is -0.571. The van der Waals surface area contributed by atoms with E-state index in [4.69, 9.17) is 9.47 Å². The zero-order valence-corrected chi connectivity index (χ0v) is 15.2. The van der Waals surface area contributed by atoms with Crippen LogP contribution in [0.2, 0.25) is 0 Å². The molecule has 0 bridgehead atoms. The molecule has 1 rings (SSSR count). The van der Waals surface area contributed by atoms with Crippen LogP contribution >= 0.6 is 0 Å². The van der Waals surface area contributed by atoms with Crippen LogP contribution in [-0.4, -0.2) is 54.8 Å². The Morgan fingerprint density at radius 3 is 2.61 bits per heavy atom. The number of carbonyl (C=O) groups excluding carboxylic acids is 2. The molecule has 134 valence electrons. The molecule has 2 atom stereocenters. The topological polar surface area (TPSA) is 67.9 Å². The second-order valence-corrected chi connectivity index (χ2v) is 7.18. The molecule has 2 amide bonds. The van der Waals surface area contributed by atoms with E-state index < -0.39 is 17.7 Å². The summed E-state index contributed by atoms with van der Waals surface area (Å²) in [6.45, 7) is 11.8. The average Bonchev–Trinajstić information content (AvgIpc) is 2.48. The monoisotopic (exact) mass is 328 g/mol. The molecule has 0 spiro atoms. The number of nitrogens with one attached hydrogen (secondary N) is 1. The maximum atomic E-state index is 12.4. The minimum Gasteiger partial charge on any atom is -0.444 e. The van der Waals surface area contributed by atoms with Gasteiger partial charge in [0.25, 0.3) is 0 Å². The lowest BCUT2D eigenvalue weighted by Gasteiger charge is -2.31. The zero-order valence-electron chi connectivity index (χ0n) is 15.2. The van der Waals surface area contributed by atoms with Gasteiger partial charge in [0.2, 0.25) is 5.91 Å². The lowest BCUT2D eigenvalue weighted by atomic mass is 10.0. The number of carbonyl (C=O) groups is 2. The Morgan fingerprint density at radius 1 is 1.39 bits per heavy atom. The average molecular weight is 328 g/mol. The summed E-state index contributed by atoms with van der Waals surface area (Å²) in [6.07, 6.45) is 2.44. The molecule has 0 unspecified atom stereocenters. The van der Waals surface area contributed by atoms with E-state index in [9.17, 15) is 9.59 Å². The lowest BCUT2D eigenvalue weighted by molar-refractivity contribution is -0.126. The molecular formula is C17H32N2O4. The Labute approximate surface area is 139 Å². The molecule has 1 N–H and O–H groups in total. The Hall–Kier alpha value is -1.30. The summed E-state index contributed by atoms with van der Waals surface area (Å²) in [6, 6.07) is -0.547. The van der Waals surface area contributed by atoms with Gasteiger partial charge in [0, 0.05) is 19.7 Å². The van der Waals surface area contributed by atoms with Gasteiger partial charge in [-0.3, -0.25) is 9.69 Å². The Balaban J connectivity index is 2.55. The maximum absolute atomic E-state index is 12.4. The minimum atomic E-state index is -0.571. The third-order valence-corrected chi connectivity index (χ3v) is 3.76. The highest BCUT2D eigenvalue weighted by Gasteiger charge is 2.29.